The SMILES string of the molecule is COC(=O)C1CCCC1S(=O)(=O)NC(CCO)C(C)C. The van der Waals surface area contributed by atoms with Crippen molar-refractivity contribution in [1.82, 2.24) is 4.72 Å². The first-order valence-electron chi connectivity index (χ1n) is 7.03. The molecule has 118 valence electrons. The third-order valence-corrected chi connectivity index (χ3v) is 5.91. The monoisotopic (exact) mass is 307 g/mol. The number of rotatable bonds is 7. The molecule has 0 heterocycles. The van der Waals surface area contributed by atoms with Crippen LogP contribution in [0.25, 0.3) is 0 Å². The number of aliphatic hydroxyl groups is 1. The van der Waals surface area contributed by atoms with E-state index in [4.69, 9.17) is 5.11 Å². The number of hydrogen-bond acceptors (Lipinski definition) is 5. The number of hydrogen-bond donors (Lipinski definition) is 2. The van der Waals surface area contributed by atoms with Gasteiger partial charge in [0.25, 0.3) is 0 Å². The lowest BCUT2D eigenvalue weighted by molar-refractivity contribution is -0.145. The van der Waals surface area contributed by atoms with E-state index in [1.165, 1.54) is 7.11 Å². The Balaban J connectivity index is 2.84. The van der Waals surface area contributed by atoms with Crippen LogP contribution in [0, 0.1) is 11.8 Å². The smallest absolute Gasteiger partial charge is 0.310 e. The van der Waals surface area contributed by atoms with E-state index in [2.05, 4.69) is 9.46 Å². The van der Waals surface area contributed by atoms with Crippen LogP contribution in [0.5, 0.6) is 0 Å². The molecule has 0 aromatic rings. The van der Waals surface area contributed by atoms with Crippen LogP contribution in [0.2, 0.25) is 0 Å². The van der Waals surface area contributed by atoms with E-state index >= 15 is 0 Å². The van der Waals surface area contributed by atoms with Crippen LogP contribution in [0.15, 0.2) is 0 Å². The van der Waals surface area contributed by atoms with Gasteiger partial charge in [0, 0.05) is 12.6 Å². The lowest BCUT2D eigenvalue weighted by Crippen LogP contribution is -2.46. The van der Waals surface area contributed by atoms with E-state index in [9.17, 15) is 13.2 Å². The van der Waals surface area contributed by atoms with Gasteiger partial charge < -0.3 is 9.84 Å². The summed E-state index contributed by atoms with van der Waals surface area (Å²) >= 11 is 0. The van der Waals surface area contributed by atoms with Gasteiger partial charge in [0.15, 0.2) is 0 Å². The zero-order chi connectivity index (χ0) is 15.3. The van der Waals surface area contributed by atoms with Crippen molar-refractivity contribution < 1.29 is 23.1 Å². The van der Waals surface area contributed by atoms with Gasteiger partial charge in [-0.2, -0.15) is 0 Å². The van der Waals surface area contributed by atoms with Crippen molar-refractivity contribution in [2.45, 2.75) is 50.8 Å². The first kappa shape index (κ1) is 17.4. The Morgan fingerprint density at radius 1 is 1.40 bits per heavy atom. The molecular formula is C13H25NO5S. The van der Waals surface area contributed by atoms with E-state index in [0.717, 1.165) is 0 Å². The summed E-state index contributed by atoms with van der Waals surface area (Å²) in [4.78, 5) is 11.7. The minimum absolute atomic E-state index is 0.0730. The van der Waals surface area contributed by atoms with E-state index in [-0.39, 0.29) is 18.6 Å². The van der Waals surface area contributed by atoms with Crippen LogP contribution in [0.3, 0.4) is 0 Å². The summed E-state index contributed by atoms with van der Waals surface area (Å²) in [7, 11) is -2.31. The van der Waals surface area contributed by atoms with Crippen LogP contribution >= 0.6 is 0 Å². The Kier molecular flexibility index (Phi) is 6.42. The summed E-state index contributed by atoms with van der Waals surface area (Å²) in [5.74, 6) is -0.963. The van der Waals surface area contributed by atoms with Gasteiger partial charge in [-0.15, -0.1) is 0 Å². The Morgan fingerprint density at radius 2 is 2.05 bits per heavy atom. The fraction of sp³-hybridized carbons (Fsp3) is 0.923. The maximum absolute atomic E-state index is 12.5. The Bertz CT molecular complexity index is 420. The third kappa shape index (κ3) is 4.17. The number of nitrogens with one attached hydrogen (secondary N) is 1. The molecule has 0 saturated heterocycles. The van der Waals surface area contributed by atoms with Crippen molar-refractivity contribution in [3.05, 3.63) is 0 Å². The molecule has 1 rings (SSSR count). The van der Waals surface area contributed by atoms with Crippen LogP contribution < -0.4 is 4.72 Å². The van der Waals surface area contributed by atoms with Crippen LogP contribution in [0.4, 0.5) is 0 Å². The third-order valence-electron chi connectivity index (χ3n) is 3.92. The standard InChI is InChI=1S/C13H25NO5S/c1-9(2)11(7-8-15)14-20(17,18)12-6-4-5-10(12)13(16)19-3/h9-12,14-15H,4-8H2,1-3H3. The van der Waals surface area contributed by atoms with Crippen LogP contribution in [0.1, 0.15) is 39.5 Å². The normalized spacial score (nSPS) is 24.9. The number of sulfonamides is 1. The molecule has 2 N–H and O–H groups in total. The van der Waals surface area contributed by atoms with Gasteiger partial charge in [0.05, 0.1) is 18.3 Å². The summed E-state index contributed by atoms with van der Waals surface area (Å²) in [5, 5.41) is 8.29. The molecule has 1 saturated carbocycles. The zero-order valence-corrected chi connectivity index (χ0v) is 13.1. The zero-order valence-electron chi connectivity index (χ0n) is 12.3. The van der Waals surface area contributed by atoms with Crippen molar-refractivity contribution in [3.8, 4) is 0 Å². The maximum Gasteiger partial charge on any atom is 0.310 e. The van der Waals surface area contributed by atoms with Crippen LogP contribution in [-0.4, -0.2) is 44.5 Å². The van der Waals surface area contributed by atoms with Gasteiger partial charge in [0.2, 0.25) is 10.0 Å². The molecule has 1 fully saturated rings. The highest BCUT2D eigenvalue weighted by Gasteiger charge is 2.43. The quantitative estimate of drug-likeness (QED) is 0.674. The topological polar surface area (TPSA) is 92.7 Å². The maximum atomic E-state index is 12.5. The fourth-order valence-corrected chi connectivity index (χ4v) is 4.83. The fourth-order valence-electron chi connectivity index (χ4n) is 2.68. The molecule has 0 spiro atoms. The summed E-state index contributed by atoms with van der Waals surface area (Å²) in [5.41, 5.74) is 0. The molecule has 0 aromatic carbocycles. The summed E-state index contributed by atoms with van der Waals surface area (Å²) in [6.45, 7) is 3.72. The van der Waals surface area contributed by atoms with Gasteiger partial charge in [-0.3, -0.25) is 4.79 Å². The van der Waals surface area contributed by atoms with Crippen molar-refractivity contribution in [3.63, 3.8) is 0 Å². The molecule has 6 nitrogen and oxygen atoms in total. The van der Waals surface area contributed by atoms with E-state index in [1.54, 1.807) is 0 Å². The molecule has 20 heavy (non-hydrogen) atoms. The van der Waals surface area contributed by atoms with Crippen molar-refractivity contribution >= 4 is 16.0 Å². The average molecular weight is 307 g/mol. The Labute approximate surface area is 120 Å². The summed E-state index contributed by atoms with van der Waals surface area (Å²) < 4.78 is 32.2. The highest BCUT2D eigenvalue weighted by atomic mass is 32.2. The lowest BCUT2D eigenvalue weighted by atomic mass is 10.0. The molecule has 0 aromatic heterocycles. The number of carbonyl (C=O) groups is 1. The highest BCUT2D eigenvalue weighted by Crippen LogP contribution is 2.32. The number of esters is 1. The predicted octanol–water partition coefficient (Wildman–Crippen LogP) is 0.654. The van der Waals surface area contributed by atoms with Gasteiger partial charge >= 0.3 is 5.97 Å². The van der Waals surface area contributed by atoms with E-state index in [0.29, 0.717) is 25.7 Å². The first-order chi connectivity index (χ1) is 9.33. The second-order valence-electron chi connectivity index (χ2n) is 5.62. The lowest BCUT2D eigenvalue weighted by Gasteiger charge is -2.25. The van der Waals surface area contributed by atoms with Crippen molar-refractivity contribution in [1.29, 1.82) is 0 Å². The molecule has 0 amide bonds. The molecular weight excluding hydrogens is 282 g/mol. The van der Waals surface area contributed by atoms with Crippen molar-refractivity contribution in [2.75, 3.05) is 13.7 Å². The summed E-state index contributed by atoms with van der Waals surface area (Å²) in [6.07, 6.45) is 2.09. The second-order valence-corrected chi connectivity index (χ2v) is 7.56. The van der Waals surface area contributed by atoms with Crippen molar-refractivity contribution in [2.24, 2.45) is 11.8 Å². The van der Waals surface area contributed by atoms with Gasteiger partial charge in [0.1, 0.15) is 0 Å². The van der Waals surface area contributed by atoms with Gasteiger partial charge in [-0.1, -0.05) is 20.3 Å². The molecule has 0 radical (unpaired) electrons. The molecule has 0 bridgehead atoms. The molecule has 1 aliphatic rings. The predicted molar refractivity (Wildman–Crippen MR) is 75.5 cm³/mol. The number of ether oxygens (including phenoxy) is 1. The first-order valence-corrected chi connectivity index (χ1v) is 8.58. The number of aliphatic hydroxyl groups excluding tert-OH is 1. The van der Waals surface area contributed by atoms with Crippen LogP contribution in [-0.2, 0) is 19.6 Å². The summed E-state index contributed by atoms with van der Waals surface area (Å²) in [6, 6.07) is -0.316. The second kappa shape index (κ2) is 7.38. The average Bonchev–Trinajstić information content (AvgIpc) is 2.87. The molecule has 3 atom stereocenters. The molecule has 3 unspecified atom stereocenters. The molecule has 7 heteroatoms. The van der Waals surface area contributed by atoms with Gasteiger partial charge in [-0.05, 0) is 25.2 Å². The largest absolute Gasteiger partial charge is 0.469 e. The minimum Gasteiger partial charge on any atom is -0.469 e. The Morgan fingerprint density at radius 3 is 2.55 bits per heavy atom. The number of carbonyl (C=O) groups excluding carboxylic acids is 1. The minimum atomic E-state index is -3.59. The van der Waals surface area contributed by atoms with E-state index < -0.39 is 27.2 Å². The number of methoxy groups -OCH3 is 1. The molecule has 0 aliphatic heterocycles. The molecule has 1 aliphatic carbocycles. The highest BCUT2D eigenvalue weighted by molar-refractivity contribution is 7.90. The van der Waals surface area contributed by atoms with Gasteiger partial charge in [-0.25, -0.2) is 13.1 Å². The van der Waals surface area contributed by atoms with E-state index in [1.807, 2.05) is 13.8 Å². The Hall–Kier alpha value is -0.660.